The van der Waals surface area contributed by atoms with Crippen molar-refractivity contribution in [1.82, 2.24) is 16.0 Å². The number of carbonyl (C=O) groups is 4. The first-order chi connectivity index (χ1) is 17.6. The van der Waals surface area contributed by atoms with E-state index in [0.717, 1.165) is 5.56 Å². The third-order valence-electron chi connectivity index (χ3n) is 6.24. The fourth-order valence-electron chi connectivity index (χ4n) is 3.68. The topological polar surface area (TPSA) is 177 Å². The number of aliphatic carboxylic acids is 1. The number of nitrogens with one attached hydrogen (secondary N) is 3. The van der Waals surface area contributed by atoms with Crippen molar-refractivity contribution in [3.05, 3.63) is 35.9 Å². The van der Waals surface area contributed by atoms with Crippen molar-refractivity contribution < 1.29 is 24.3 Å². The Bertz CT molecular complexity index is 857. The Morgan fingerprint density at radius 2 is 1.59 bits per heavy atom. The zero-order valence-corrected chi connectivity index (χ0v) is 22.9. The summed E-state index contributed by atoms with van der Waals surface area (Å²) in [7, 11) is 0. The van der Waals surface area contributed by atoms with Gasteiger partial charge in [0.2, 0.25) is 17.7 Å². The Balaban J connectivity index is 3.07. The zero-order valence-electron chi connectivity index (χ0n) is 22.1. The maximum Gasteiger partial charge on any atom is 0.326 e. The lowest BCUT2D eigenvalue weighted by molar-refractivity contribution is -0.143. The summed E-state index contributed by atoms with van der Waals surface area (Å²) in [4.78, 5) is 51.0. The van der Waals surface area contributed by atoms with Gasteiger partial charge in [-0.3, -0.25) is 14.4 Å². The minimum Gasteiger partial charge on any atom is -0.480 e. The molecule has 1 rings (SSSR count). The molecule has 5 atom stereocenters. The van der Waals surface area contributed by atoms with Gasteiger partial charge >= 0.3 is 5.97 Å². The van der Waals surface area contributed by atoms with E-state index >= 15 is 0 Å². The van der Waals surface area contributed by atoms with E-state index in [9.17, 15) is 24.3 Å². The van der Waals surface area contributed by atoms with Gasteiger partial charge in [0, 0.05) is 6.42 Å². The Morgan fingerprint density at radius 3 is 2.16 bits per heavy atom. The van der Waals surface area contributed by atoms with Crippen LogP contribution in [0, 0.1) is 5.92 Å². The molecule has 0 heterocycles. The van der Waals surface area contributed by atoms with Gasteiger partial charge in [-0.15, -0.1) is 0 Å². The van der Waals surface area contributed by atoms with Crippen LogP contribution in [0.15, 0.2) is 30.3 Å². The highest BCUT2D eigenvalue weighted by molar-refractivity contribution is 7.98. The summed E-state index contributed by atoms with van der Waals surface area (Å²) in [5.74, 6) is -2.28. The van der Waals surface area contributed by atoms with Crippen molar-refractivity contribution in [3.63, 3.8) is 0 Å². The standard InChI is InChI=1S/C26H43N5O5S/c1-4-17(2)22(25(34)29-20(26(35)36)12-8-9-14-27)31-24(33)21(16-18-10-6-5-7-11-18)30-23(32)19(28)13-15-37-3/h5-7,10-11,17,19-22H,4,8-9,12-16,27-28H2,1-3H3,(H,29,34)(H,30,32)(H,31,33)(H,35,36). The maximum atomic E-state index is 13.4. The van der Waals surface area contributed by atoms with Crippen LogP contribution in [0.3, 0.4) is 0 Å². The molecule has 11 heteroatoms. The summed E-state index contributed by atoms with van der Waals surface area (Å²) >= 11 is 1.57. The third kappa shape index (κ3) is 12.0. The van der Waals surface area contributed by atoms with Gasteiger partial charge in [0.25, 0.3) is 0 Å². The fraction of sp³-hybridized carbons (Fsp3) is 0.615. The molecule has 10 nitrogen and oxygen atoms in total. The lowest BCUT2D eigenvalue weighted by Crippen LogP contribution is -2.59. The molecule has 0 aliphatic heterocycles. The molecule has 208 valence electrons. The molecule has 0 spiro atoms. The van der Waals surface area contributed by atoms with Crippen LogP contribution in [0.4, 0.5) is 0 Å². The van der Waals surface area contributed by atoms with E-state index < -0.39 is 47.9 Å². The monoisotopic (exact) mass is 537 g/mol. The van der Waals surface area contributed by atoms with Crippen LogP contribution in [-0.2, 0) is 25.6 Å². The predicted octanol–water partition coefficient (Wildman–Crippen LogP) is 1.02. The Labute approximate surface area is 224 Å². The minimum absolute atomic E-state index is 0.208. The van der Waals surface area contributed by atoms with Crippen molar-refractivity contribution in [1.29, 1.82) is 0 Å². The number of nitrogens with two attached hydrogens (primary N) is 2. The molecule has 5 unspecified atom stereocenters. The van der Waals surface area contributed by atoms with E-state index in [4.69, 9.17) is 11.5 Å². The fourth-order valence-corrected chi connectivity index (χ4v) is 4.17. The van der Waals surface area contributed by atoms with Crippen molar-refractivity contribution in [3.8, 4) is 0 Å². The summed E-state index contributed by atoms with van der Waals surface area (Å²) in [5, 5.41) is 17.6. The molecular formula is C26H43N5O5S. The number of carboxylic acids is 1. The first-order valence-electron chi connectivity index (χ1n) is 12.8. The van der Waals surface area contributed by atoms with Gasteiger partial charge in [-0.2, -0.15) is 11.8 Å². The number of benzene rings is 1. The van der Waals surface area contributed by atoms with Crippen LogP contribution in [0.5, 0.6) is 0 Å². The van der Waals surface area contributed by atoms with E-state index in [1.165, 1.54) is 0 Å². The molecule has 3 amide bonds. The number of hydrogen-bond donors (Lipinski definition) is 6. The number of amides is 3. The van der Waals surface area contributed by atoms with E-state index in [1.54, 1.807) is 18.7 Å². The highest BCUT2D eigenvalue weighted by Crippen LogP contribution is 2.12. The molecule has 0 saturated carbocycles. The van der Waals surface area contributed by atoms with Crippen molar-refractivity contribution in [2.75, 3.05) is 18.6 Å². The normalized spacial score (nSPS) is 15.1. The summed E-state index contributed by atoms with van der Waals surface area (Å²) < 4.78 is 0. The number of rotatable bonds is 18. The summed E-state index contributed by atoms with van der Waals surface area (Å²) in [6, 6.07) is 5.42. The smallest absolute Gasteiger partial charge is 0.326 e. The molecule has 0 aliphatic rings. The first kappa shape index (κ1) is 32.4. The van der Waals surface area contributed by atoms with Gasteiger partial charge in [-0.1, -0.05) is 50.6 Å². The predicted molar refractivity (Wildman–Crippen MR) is 147 cm³/mol. The molecule has 0 aliphatic carbocycles. The van der Waals surface area contributed by atoms with Gasteiger partial charge in [-0.25, -0.2) is 4.79 Å². The summed E-state index contributed by atoms with van der Waals surface area (Å²) in [5.41, 5.74) is 12.3. The molecule has 1 aromatic carbocycles. The number of carbonyl (C=O) groups excluding carboxylic acids is 3. The zero-order chi connectivity index (χ0) is 27.8. The Kier molecular flexibility index (Phi) is 15.6. The van der Waals surface area contributed by atoms with E-state index in [-0.39, 0.29) is 18.8 Å². The molecule has 0 radical (unpaired) electrons. The molecule has 0 fully saturated rings. The maximum absolute atomic E-state index is 13.4. The molecular weight excluding hydrogens is 494 g/mol. The molecule has 0 saturated heterocycles. The average molecular weight is 538 g/mol. The highest BCUT2D eigenvalue weighted by Gasteiger charge is 2.32. The highest BCUT2D eigenvalue weighted by atomic mass is 32.2. The van der Waals surface area contributed by atoms with E-state index in [1.807, 2.05) is 43.5 Å². The van der Waals surface area contributed by atoms with Crippen LogP contribution in [0.2, 0.25) is 0 Å². The van der Waals surface area contributed by atoms with Gasteiger partial charge in [0.05, 0.1) is 6.04 Å². The van der Waals surface area contributed by atoms with E-state index in [2.05, 4.69) is 16.0 Å². The lowest BCUT2D eigenvalue weighted by Gasteiger charge is -2.28. The van der Waals surface area contributed by atoms with Crippen LogP contribution in [-0.4, -0.2) is 71.5 Å². The van der Waals surface area contributed by atoms with E-state index in [0.29, 0.717) is 38.0 Å². The molecule has 37 heavy (non-hydrogen) atoms. The van der Waals surface area contributed by atoms with Gasteiger partial charge in [0.15, 0.2) is 0 Å². The molecule has 1 aromatic rings. The summed E-state index contributed by atoms with van der Waals surface area (Å²) in [6.07, 6.45) is 4.59. The second kappa shape index (κ2) is 17.8. The molecule has 0 bridgehead atoms. The third-order valence-corrected chi connectivity index (χ3v) is 6.88. The first-order valence-corrected chi connectivity index (χ1v) is 14.2. The summed E-state index contributed by atoms with van der Waals surface area (Å²) in [6.45, 7) is 4.11. The number of thioether (sulfide) groups is 1. The van der Waals surface area contributed by atoms with Gasteiger partial charge < -0.3 is 32.5 Å². The SMILES string of the molecule is CCC(C)C(NC(=O)C(Cc1ccccc1)NC(=O)C(N)CCSC)C(=O)NC(CCCCN)C(=O)O. The minimum atomic E-state index is -1.15. The van der Waals surface area contributed by atoms with Crippen molar-refractivity contribution >= 4 is 35.5 Å². The molecule has 8 N–H and O–H groups in total. The van der Waals surface area contributed by atoms with Crippen LogP contribution in [0.25, 0.3) is 0 Å². The largest absolute Gasteiger partial charge is 0.480 e. The van der Waals surface area contributed by atoms with Crippen molar-refractivity contribution in [2.24, 2.45) is 17.4 Å². The Hall–Kier alpha value is -2.63. The van der Waals surface area contributed by atoms with Crippen LogP contribution >= 0.6 is 11.8 Å². The Morgan fingerprint density at radius 1 is 0.946 bits per heavy atom. The van der Waals surface area contributed by atoms with Gasteiger partial charge in [-0.05, 0) is 55.7 Å². The second-order valence-corrected chi connectivity index (χ2v) is 10.2. The molecule has 0 aromatic heterocycles. The number of hydrogen-bond acceptors (Lipinski definition) is 7. The van der Waals surface area contributed by atoms with Crippen LogP contribution in [0.1, 0.15) is 51.5 Å². The number of unbranched alkanes of at least 4 members (excludes halogenated alkanes) is 1. The van der Waals surface area contributed by atoms with Crippen molar-refractivity contribution in [2.45, 2.75) is 76.5 Å². The van der Waals surface area contributed by atoms with Crippen LogP contribution < -0.4 is 27.4 Å². The average Bonchev–Trinajstić information content (AvgIpc) is 2.89. The number of carboxylic acid groups (broad SMARTS) is 1. The second-order valence-electron chi connectivity index (χ2n) is 9.19. The van der Waals surface area contributed by atoms with Gasteiger partial charge in [0.1, 0.15) is 18.1 Å². The lowest BCUT2D eigenvalue weighted by atomic mass is 9.96. The quantitative estimate of drug-likeness (QED) is 0.150.